The van der Waals surface area contributed by atoms with Crippen LogP contribution in [0.25, 0.3) is 11.1 Å². The molecule has 0 aromatic heterocycles. The number of hydrogen-bond acceptors (Lipinski definition) is 0. The molecule has 0 saturated carbocycles. The molecule has 2 aromatic rings. The van der Waals surface area contributed by atoms with E-state index < -0.39 is 0 Å². The van der Waals surface area contributed by atoms with E-state index in [4.69, 9.17) is 0 Å². The van der Waals surface area contributed by atoms with E-state index in [1.54, 1.807) is 11.1 Å². The summed E-state index contributed by atoms with van der Waals surface area (Å²) in [5.74, 6) is 0.477. The maximum absolute atomic E-state index is 2.39. The second kappa shape index (κ2) is 6.87. The predicted molar refractivity (Wildman–Crippen MR) is 79.8 cm³/mol. The number of allylic oxidation sites excluding steroid dienone is 4. The number of rotatable bonds is 1. The first-order valence-electron chi connectivity index (χ1n) is 7.07. The second-order valence-electron chi connectivity index (χ2n) is 5.66. The third kappa shape index (κ3) is 2.69. The molecule has 0 heterocycles. The maximum atomic E-state index is 2.39. The van der Waals surface area contributed by atoms with Gasteiger partial charge < -0.3 is 24.8 Å². The SMILES string of the molecule is CC1=CCC(C2c3ccccc3-c3ccc[c]([Zr+2])c32)=C1.[Cl-].[Cl-]. The minimum absolute atomic E-state index is 0. The van der Waals surface area contributed by atoms with Gasteiger partial charge in [-0.15, -0.1) is 0 Å². The fraction of sp³-hybridized carbons (Fsp3) is 0.158. The molecule has 0 aliphatic heterocycles. The normalized spacial score (nSPS) is 17.7. The average molecular weight is 405 g/mol. The summed E-state index contributed by atoms with van der Waals surface area (Å²) in [5, 5.41) is 0. The van der Waals surface area contributed by atoms with Gasteiger partial charge >= 0.3 is 135 Å². The van der Waals surface area contributed by atoms with Crippen molar-refractivity contribution in [2.45, 2.75) is 19.3 Å². The van der Waals surface area contributed by atoms with Gasteiger partial charge in [0, 0.05) is 0 Å². The van der Waals surface area contributed by atoms with Gasteiger partial charge in [-0.2, -0.15) is 0 Å². The van der Waals surface area contributed by atoms with Crippen molar-refractivity contribution >= 4 is 3.27 Å². The third-order valence-electron chi connectivity index (χ3n) is 4.40. The number of hydrogen-bond donors (Lipinski definition) is 0. The Hall–Kier alpha value is -0.617. The summed E-state index contributed by atoms with van der Waals surface area (Å²) >= 11 is 1.51. The van der Waals surface area contributed by atoms with Gasteiger partial charge in [0.25, 0.3) is 0 Å². The predicted octanol–water partition coefficient (Wildman–Crippen LogP) is -1.74. The molecule has 1 unspecified atom stereocenters. The molecule has 0 N–H and O–H groups in total. The molecule has 2 aliphatic rings. The smallest absolute Gasteiger partial charge is 1.00 e. The van der Waals surface area contributed by atoms with E-state index >= 15 is 0 Å². The summed E-state index contributed by atoms with van der Waals surface area (Å²) in [6, 6.07) is 15.7. The van der Waals surface area contributed by atoms with E-state index in [1.165, 1.54) is 50.3 Å². The summed E-state index contributed by atoms with van der Waals surface area (Å²) < 4.78 is 1.50. The maximum Gasteiger partial charge on any atom is -1.00 e. The van der Waals surface area contributed by atoms with Crippen molar-refractivity contribution in [3.05, 3.63) is 76.9 Å². The molecule has 1 atom stereocenters. The van der Waals surface area contributed by atoms with Crippen molar-refractivity contribution < 1.29 is 49.5 Å². The molecule has 0 bridgehead atoms. The summed E-state index contributed by atoms with van der Waals surface area (Å²) in [6.07, 6.45) is 5.84. The molecular formula is C19H15Cl2Zr. The zero-order chi connectivity index (χ0) is 13.7. The summed E-state index contributed by atoms with van der Waals surface area (Å²) in [7, 11) is 0. The van der Waals surface area contributed by atoms with Gasteiger partial charge in [-0.1, -0.05) is 0 Å². The average Bonchev–Trinajstić information content (AvgIpc) is 3.01. The molecule has 0 amide bonds. The Bertz CT molecular complexity index is 775. The Morgan fingerprint density at radius 2 is 1.68 bits per heavy atom. The van der Waals surface area contributed by atoms with Crippen LogP contribution in [0, 0.1) is 0 Å². The Morgan fingerprint density at radius 1 is 0.955 bits per heavy atom. The number of benzene rings is 2. The van der Waals surface area contributed by atoms with Crippen LogP contribution in [-0.4, -0.2) is 0 Å². The van der Waals surface area contributed by atoms with Gasteiger partial charge in [-0.3, -0.25) is 0 Å². The first-order valence-corrected chi connectivity index (χ1v) is 8.29. The first-order chi connectivity index (χ1) is 9.75. The topological polar surface area (TPSA) is 0 Å². The minimum atomic E-state index is 0. The second-order valence-corrected chi connectivity index (χ2v) is 6.98. The zero-order valence-electron chi connectivity index (χ0n) is 12.2. The van der Waals surface area contributed by atoms with Gasteiger partial charge in [0.1, 0.15) is 0 Å². The minimum Gasteiger partial charge on any atom is -1.00 e. The van der Waals surface area contributed by atoms with E-state index in [2.05, 4.69) is 61.5 Å². The van der Waals surface area contributed by atoms with Gasteiger partial charge in [-0.25, -0.2) is 0 Å². The molecule has 0 saturated heterocycles. The monoisotopic (exact) mass is 403 g/mol. The zero-order valence-corrected chi connectivity index (χ0v) is 16.2. The fourth-order valence-corrected chi connectivity index (χ4v) is 4.46. The number of halogens is 2. The van der Waals surface area contributed by atoms with Crippen molar-refractivity contribution in [1.29, 1.82) is 0 Å². The van der Waals surface area contributed by atoms with Crippen LogP contribution in [0.3, 0.4) is 0 Å². The van der Waals surface area contributed by atoms with Crippen molar-refractivity contribution in [3.8, 4) is 11.1 Å². The molecule has 2 aliphatic carbocycles. The van der Waals surface area contributed by atoms with Crippen LogP contribution < -0.4 is 28.1 Å². The quantitative estimate of drug-likeness (QED) is 0.528. The molecule has 4 rings (SSSR count). The molecule has 0 spiro atoms. The van der Waals surface area contributed by atoms with Crippen LogP contribution in [0.4, 0.5) is 0 Å². The van der Waals surface area contributed by atoms with Crippen molar-refractivity contribution in [2.24, 2.45) is 0 Å². The van der Waals surface area contributed by atoms with Gasteiger partial charge in [0.15, 0.2) is 0 Å². The fourth-order valence-electron chi connectivity index (χ4n) is 3.54. The van der Waals surface area contributed by atoms with E-state index in [9.17, 15) is 0 Å². The van der Waals surface area contributed by atoms with Gasteiger partial charge in [0.2, 0.25) is 0 Å². The van der Waals surface area contributed by atoms with Crippen LogP contribution in [0.5, 0.6) is 0 Å². The van der Waals surface area contributed by atoms with Crippen LogP contribution in [-0.2, 0) is 24.7 Å². The molecule has 0 radical (unpaired) electrons. The Kier molecular flexibility index (Phi) is 5.54. The first kappa shape index (κ1) is 17.7. The molecule has 0 nitrogen and oxygen atoms in total. The van der Waals surface area contributed by atoms with Crippen LogP contribution >= 0.6 is 0 Å². The Morgan fingerprint density at radius 3 is 2.41 bits per heavy atom. The summed E-state index contributed by atoms with van der Waals surface area (Å²) in [4.78, 5) is 0. The van der Waals surface area contributed by atoms with Crippen LogP contribution in [0.15, 0.2) is 65.8 Å². The molecule has 22 heavy (non-hydrogen) atoms. The molecule has 109 valence electrons. The Labute approximate surface area is 159 Å². The standard InChI is InChI=1S/C19H15.2ClH.Zr/c1-13-10-11-14(12-13)19-17-8-4-2-6-15(17)16-7-3-5-9-18(16)19;;;/h2-8,10,12,19H,11H2,1H3;2*1H;/q;;;+2/p-2. The van der Waals surface area contributed by atoms with Crippen LogP contribution in [0.2, 0.25) is 0 Å². The van der Waals surface area contributed by atoms with Gasteiger partial charge in [0.05, 0.1) is 0 Å². The number of fused-ring (bicyclic) bond motifs is 3. The van der Waals surface area contributed by atoms with Crippen molar-refractivity contribution in [2.75, 3.05) is 0 Å². The van der Waals surface area contributed by atoms with E-state index in [0.717, 1.165) is 6.42 Å². The molecule has 0 fully saturated rings. The van der Waals surface area contributed by atoms with Gasteiger partial charge in [-0.05, 0) is 0 Å². The molecule has 2 aromatic carbocycles. The summed E-state index contributed by atoms with van der Waals surface area (Å²) in [5.41, 5.74) is 8.90. The molecule has 3 heteroatoms. The third-order valence-corrected chi connectivity index (χ3v) is 5.47. The Balaban J connectivity index is 0.000000882. The molecular weight excluding hydrogens is 390 g/mol. The van der Waals surface area contributed by atoms with E-state index in [-0.39, 0.29) is 24.8 Å². The summed E-state index contributed by atoms with van der Waals surface area (Å²) in [6.45, 7) is 2.21. The van der Waals surface area contributed by atoms with Crippen molar-refractivity contribution in [3.63, 3.8) is 0 Å². The van der Waals surface area contributed by atoms with Crippen molar-refractivity contribution in [1.82, 2.24) is 0 Å². The largest absolute Gasteiger partial charge is 1.00 e. The van der Waals surface area contributed by atoms with E-state index in [1.807, 2.05) is 0 Å². The van der Waals surface area contributed by atoms with E-state index in [0.29, 0.717) is 5.92 Å². The van der Waals surface area contributed by atoms with Crippen LogP contribution in [0.1, 0.15) is 30.4 Å².